The Hall–Kier alpha value is -2.30. The fraction of sp³-hybridized carbons (Fsp3) is 0.333. The average Bonchev–Trinajstić information content (AvgIpc) is 2.79. The van der Waals surface area contributed by atoms with Gasteiger partial charge in [0.05, 0.1) is 11.4 Å². The molecule has 0 atom stereocenters. The van der Waals surface area contributed by atoms with Crippen molar-refractivity contribution in [2.45, 2.75) is 20.4 Å². The number of hydrogen-bond donors (Lipinski definition) is 2. The van der Waals surface area contributed by atoms with Crippen molar-refractivity contribution in [1.82, 2.24) is 20.4 Å². The van der Waals surface area contributed by atoms with E-state index >= 15 is 0 Å². The molecule has 0 bridgehead atoms. The van der Waals surface area contributed by atoms with Crippen LogP contribution in [-0.4, -0.2) is 29.8 Å². The van der Waals surface area contributed by atoms with E-state index < -0.39 is 0 Å². The summed E-state index contributed by atoms with van der Waals surface area (Å²) >= 11 is 0. The van der Waals surface area contributed by atoms with Gasteiger partial charge in [0.15, 0.2) is 5.96 Å². The number of guanidine groups is 1. The van der Waals surface area contributed by atoms with Gasteiger partial charge in [-0.1, -0.05) is 18.2 Å². The molecule has 1 aromatic heterocycles. The van der Waals surface area contributed by atoms with Crippen molar-refractivity contribution in [3.8, 4) is 5.69 Å². The summed E-state index contributed by atoms with van der Waals surface area (Å²) < 4.78 is 1.98. The zero-order valence-electron chi connectivity index (χ0n) is 12.4. The van der Waals surface area contributed by atoms with Crippen molar-refractivity contribution in [2.24, 2.45) is 4.99 Å². The molecule has 20 heavy (non-hydrogen) atoms. The molecule has 1 heterocycles. The summed E-state index contributed by atoms with van der Waals surface area (Å²) in [6.45, 7) is 4.77. The molecule has 1 aromatic carbocycles. The van der Waals surface area contributed by atoms with Crippen LogP contribution in [0.4, 0.5) is 0 Å². The summed E-state index contributed by atoms with van der Waals surface area (Å²) in [5, 5.41) is 10.8. The molecular weight excluding hydrogens is 250 g/mol. The SMILES string of the molecule is CN=C(NC)NCc1ccccc1-n1nc(C)cc1C. The molecule has 0 aliphatic heterocycles. The van der Waals surface area contributed by atoms with E-state index in [2.05, 4.69) is 45.8 Å². The monoisotopic (exact) mass is 271 g/mol. The number of nitrogens with one attached hydrogen (secondary N) is 2. The topological polar surface area (TPSA) is 54.2 Å². The van der Waals surface area contributed by atoms with Gasteiger partial charge in [0.2, 0.25) is 0 Å². The second-order valence-corrected chi connectivity index (χ2v) is 4.64. The minimum absolute atomic E-state index is 0.696. The summed E-state index contributed by atoms with van der Waals surface area (Å²) in [6, 6.07) is 10.3. The Morgan fingerprint density at radius 2 is 2.05 bits per heavy atom. The van der Waals surface area contributed by atoms with Gasteiger partial charge in [0.25, 0.3) is 0 Å². The molecule has 0 unspecified atom stereocenters. The third-order valence-corrected chi connectivity index (χ3v) is 3.14. The van der Waals surface area contributed by atoms with Crippen molar-refractivity contribution in [2.75, 3.05) is 14.1 Å². The van der Waals surface area contributed by atoms with Crippen LogP contribution in [0.1, 0.15) is 17.0 Å². The Labute approximate surface area is 119 Å². The third-order valence-electron chi connectivity index (χ3n) is 3.14. The second-order valence-electron chi connectivity index (χ2n) is 4.64. The lowest BCUT2D eigenvalue weighted by atomic mass is 10.1. The molecule has 2 N–H and O–H groups in total. The van der Waals surface area contributed by atoms with Gasteiger partial charge >= 0.3 is 0 Å². The van der Waals surface area contributed by atoms with Crippen LogP contribution in [0.3, 0.4) is 0 Å². The highest BCUT2D eigenvalue weighted by molar-refractivity contribution is 5.79. The Morgan fingerprint density at radius 1 is 1.30 bits per heavy atom. The van der Waals surface area contributed by atoms with Crippen LogP contribution >= 0.6 is 0 Å². The second kappa shape index (κ2) is 6.23. The molecule has 5 heteroatoms. The number of nitrogens with zero attached hydrogens (tertiary/aromatic N) is 3. The molecule has 0 aliphatic carbocycles. The van der Waals surface area contributed by atoms with Crippen molar-refractivity contribution in [3.05, 3.63) is 47.3 Å². The van der Waals surface area contributed by atoms with Crippen LogP contribution in [0.5, 0.6) is 0 Å². The van der Waals surface area contributed by atoms with Crippen LogP contribution in [-0.2, 0) is 6.54 Å². The summed E-state index contributed by atoms with van der Waals surface area (Å²) in [7, 11) is 3.61. The summed E-state index contributed by atoms with van der Waals surface area (Å²) in [6.07, 6.45) is 0. The molecule has 0 aliphatic rings. The molecule has 2 aromatic rings. The first-order valence-electron chi connectivity index (χ1n) is 6.65. The Balaban J connectivity index is 2.29. The number of aromatic nitrogens is 2. The predicted octanol–water partition coefficient (Wildman–Crippen LogP) is 1.78. The molecule has 106 valence electrons. The van der Waals surface area contributed by atoms with Crippen LogP contribution < -0.4 is 10.6 Å². The van der Waals surface area contributed by atoms with Gasteiger partial charge in [0.1, 0.15) is 0 Å². The quantitative estimate of drug-likeness (QED) is 0.661. The Bertz CT molecular complexity index is 612. The van der Waals surface area contributed by atoms with E-state index in [1.54, 1.807) is 7.05 Å². The molecule has 0 amide bonds. The smallest absolute Gasteiger partial charge is 0.190 e. The maximum atomic E-state index is 4.55. The molecule has 0 saturated heterocycles. The van der Waals surface area contributed by atoms with Gasteiger partial charge in [-0.05, 0) is 31.5 Å². The van der Waals surface area contributed by atoms with Crippen molar-refractivity contribution in [1.29, 1.82) is 0 Å². The highest BCUT2D eigenvalue weighted by atomic mass is 15.3. The average molecular weight is 271 g/mol. The number of rotatable bonds is 3. The lowest BCUT2D eigenvalue weighted by Crippen LogP contribution is -2.34. The first kappa shape index (κ1) is 14.1. The van der Waals surface area contributed by atoms with E-state index in [1.807, 2.05) is 30.8 Å². The number of aryl methyl sites for hydroxylation is 2. The number of hydrogen-bond acceptors (Lipinski definition) is 2. The molecule has 0 radical (unpaired) electrons. The van der Waals surface area contributed by atoms with Gasteiger partial charge in [-0.25, -0.2) is 4.68 Å². The Kier molecular flexibility index (Phi) is 4.40. The van der Waals surface area contributed by atoms with Crippen LogP contribution in [0, 0.1) is 13.8 Å². The van der Waals surface area contributed by atoms with Crippen molar-refractivity contribution in [3.63, 3.8) is 0 Å². The fourth-order valence-electron chi connectivity index (χ4n) is 2.20. The number of benzene rings is 1. The lowest BCUT2D eigenvalue weighted by molar-refractivity contribution is 0.797. The molecule has 5 nitrogen and oxygen atoms in total. The largest absolute Gasteiger partial charge is 0.359 e. The molecular formula is C15H21N5. The molecule has 0 spiro atoms. The van der Waals surface area contributed by atoms with Gasteiger partial charge in [-0.2, -0.15) is 5.10 Å². The van der Waals surface area contributed by atoms with E-state index in [4.69, 9.17) is 0 Å². The van der Waals surface area contributed by atoms with Gasteiger partial charge < -0.3 is 10.6 Å². The van der Waals surface area contributed by atoms with Crippen molar-refractivity contribution < 1.29 is 0 Å². The van der Waals surface area contributed by atoms with Crippen molar-refractivity contribution >= 4 is 5.96 Å². The highest BCUT2D eigenvalue weighted by Crippen LogP contribution is 2.16. The van der Waals surface area contributed by atoms with Gasteiger partial charge in [-0.3, -0.25) is 4.99 Å². The maximum absolute atomic E-state index is 4.55. The summed E-state index contributed by atoms with van der Waals surface area (Å²) in [5.74, 6) is 0.771. The number of para-hydroxylation sites is 1. The minimum Gasteiger partial charge on any atom is -0.359 e. The van der Waals surface area contributed by atoms with E-state index in [0.717, 1.165) is 23.0 Å². The third kappa shape index (κ3) is 2.99. The normalized spacial score (nSPS) is 11.5. The summed E-state index contributed by atoms with van der Waals surface area (Å²) in [5.41, 5.74) is 4.43. The molecule has 0 saturated carbocycles. The van der Waals surface area contributed by atoms with Crippen LogP contribution in [0.25, 0.3) is 5.69 Å². The highest BCUT2D eigenvalue weighted by Gasteiger charge is 2.08. The Morgan fingerprint density at radius 3 is 2.65 bits per heavy atom. The van der Waals surface area contributed by atoms with Crippen LogP contribution in [0.15, 0.2) is 35.3 Å². The summed E-state index contributed by atoms with van der Waals surface area (Å²) in [4.78, 5) is 4.12. The van der Waals surface area contributed by atoms with E-state index in [0.29, 0.717) is 6.54 Å². The minimum atomic E-state index is 0.696. The zero-order valence-corrected chi connectivity index (χ0v) is 12.4. The van der Waals surface area contributed by atoms with Gasteiger partial charge in [0, 0.05) is 26.3 Å². The maximum Gasteiger partial charge on any atom is 0.190 e. The van der Waals surface area contributed by atoms with E-state index in [9.17, 15) is 0 Å². The molecule has 0 fully saturated rings. The fourth-order valence-corrected chi connectivity index (χ4v) is 2.20. The first-order chi connectivity index (χ1) is 9.65. The zero-order chi connectivity index (χ0) is 14.5. The van der Waals surface area contributed by atoms with Crippen LogP contribution in [0.2, 0.25) is 0 Å². The molecule has 2 rings (SSSR count). The number of aliphatic imine (C=N–C) groups is 1. The van der Waals surface area contributed by atoms with Gasteiger partial charge in [-0.15, -0.1) is 0 Å². The lowest BCUT2D eigenvalue weighted by Gasteiger charge is -2.13. The van der Waals surface area contributed by atoms with E-state index in [1.165, 1.54) is 5.56 Å². The van der Waals surface area contributed by atoms with E-state index in [-0.39, 0.29) is 0 Å². The first-order valence-corrected chi connectivity index (χ1v) is 6.65. The standard InChI is InChI=1S/C15H21N5/c1-11-9-12(2)20(19-11)14-8-6-5-7-13(14)10-18-15(16-3)17-4/h5-9H,10H2,1-4H3,(H2,16,17,18). The predicted molar refractivity (Wildman–Crippen MR) is 82.3 cm³/mol.